The van der Waals surface area contributed by atoms with E-state index in [4.69, 9.17) is 0 Å². The number of hydrazone groups is 1. The molecule has 3 aromatic carbocycles. The van der Waals surface area contributed by atoms with Crippen LogP contribution >= 0.6 is 0 Å². The zero-order valence-electron chi connectivity index (χ0n) is 20.1. The highest BCUT2D eigenvalue weighted by Gasteiger charge is 2.35. The van der Waals surface area contributed by atoms with Crippen molar-refractivity contribution in [2.45, 2.75) is 45.6 Å². The van der Waals surface area contributed by atoms with Crippen molar-refractivity contribution in [1.82, 2.24) is 5.43 Å². The lowest BCUT2D eigenvalue weighted by Crippen LogP contribution is -2.35. The van der Waals surface area contributed by atoms with E-state index in [1.54, 1.807) is 0 Å². The Labute approximate surface area is 206 Å². The Balaban J connectivity index is 1.51. The molecular formula is C30H29N3O2. The van der Waals surface area contributed by atoms with Crippen molar-refractivity contribution in [3.8, 4) is 0 Å². The molecule has 0 saturated heterocycles. The fourth-order valence-corrected chi connectivity index (χ4v) is 4.88. The molecule has 35 heavy (non-hydrogen) atoms. The smallest absolute Gasteiger partial charge is 0.273 e. The van der Waals surface area contributed by atoms with Gasteiger partial charge in [0.1, 0.15) is 5.71 Å². The molecule has 5 nitrogen and oxygen atoms in total. The van der Waals surface area contributed by atoms with Crippen LogP contribution in [0.5, 0.6) is 0 Å². The average molecular weight is 464 g/mol. The molecule has 0 bridgehead atoms. The lowest BCUT2D eigenvalue weighted by atomic mass is 9.98. The molecule has 2 heterocycles. The maximum absolute atomic E-state index is 13.2. The fraction of sp³-hybridized carbons (Fsp3) is 0.233. The quantitative estimate of drug-likeness (QED) is 0.455. The van der Waals surface area contributed by atoms with Crippen LogP contribution < -0.4 is 10.3 Å². The van der Waals surface area contributed by atoms with E-state index in [1.165, 1.54) is 0 Å². The first-order valence-electron chi connectivity index (χ1n) is 12.2. The van der Waals surface area contributed by atoms with Gasteiger partial charge in [0.2, 0.25) is 0 Å². The van der Waals surface area contributed by atoms with Crippen molar-refractivity contribution in [2.75, 3.05) is 4.90 Å². The third-order valence-corrected chi connectivity index (χ3v) is 6.64. The number of hydrogen-bond donors (Lipinski definition) is 1. The lowest BCUT2D eigenvalue weighted by Gasteiger charge is -2.27. The average Bonchev–Trinajstić information content (AvgIpc) is 3.43. The summed E-state index contributed by atoms with van der Waals surface area (Å²) < 4.78 is 0. The maximum atomic E-state index is 13.2. The summed E-state index contributed by atoms with van der Waals surface area (Å²) in [4.78, 5) is 28.0. The summed E-state index contributed by atoms with van der Waals surface area (Å²) >= 11 is 0. The minimum absolute atomic E-state index is 0.210. The number of aryl methyl sites for hydroxylation is 1. The van der Waals surface area contributed by atoms with Crippen molar-refractivity contribution >= 4 is 34.9 Å². The van der Waals surface area contributed by atoms with Crippen molar-refractivity contribution in [1.29, 1.82) is 0 Å². The number of fused-ring (bicyclic) bond motifs is 1. The number of benzene rings is 3. The predicted molar refractivity (Wildman–Crippen MR) is 141 cm³/mol. The maximum Gasteiger partial charge on any atom is 0.273 e. The highest BCUT2D eigenvalue weighted by molar-refractivity contribution is 6.33. The molecule has 1 N–H and O–H groups in total. The van der Waals surface area contributed by atoms with Crippen molar-refractivity contribution < 1.29 is 9.59 Å². The Bertz CT molecular complexity index is 1340. The van der Waals surface area contributed by atoms with Crippen molar-refractivity contribution in [3.63, 3.8) is 0 Å². The van der Waals surface area contributed by atoms with Gasteiger partial charge in [0.15, 0.2) is 5.78 Å². The third kappa shape index (κ3) is 4.54. The number of amides is 1. The van der Waals surface area contributed by atoms with Crippen LogP contribution in [0.1, 0.15) is 48.4 Å². The molecule has 1 amide bonds. The molecule has 1 atom stereocenters. The summed E-state index contributed by atoms with van der Waals surface area (Å²) in [5.74, 6) is 0.0662. The highest BCUT2D eigenvalue weighted by atomic mass is 16.2. The van der Waals surface area contributed by atoms with Gasteiger partial charge in [-0.2, -0.15) is 5.10 Å². The number of anilines is 2. The molecule has 2 aliphatic rings. The topological polar surface area (TPSA) is 61.8 Å². The van der Waals surface area contributed by atoms with Crippen LogP contribution in [0.2, 0.25) is 0 Å². The van der Waals surface area contributed by atoms with Crippen LogP contribution in [0.15, 0.2) is 83.5 Å². The minimum Gasteiger partial charge on any atom is -0.330 e. The second kappa shape index (κ2) is 9.71. The van der Waals surface area contributed by atoms with E-state index in [-0.39, 0.29) is 17.7 Å². The number of hydrogen-bond acceptors (Lipinski definition) is 4. The summed E-state index contributed by atoms with van der Waals surface area (Å²) in [6.07, 6.45) is 5.04. The number of carbonyl (C=O) groups is 2. The van der Waals surface area contributed by atoms with Gasteiger partial charge < -0.3 is 4.90 Å². The Kier molecular flexibility index (Phi) is 6.32. The molecule has 3 aromatic rings. The zero-order chi connectivity index (χ0) is 24.4. The van der Waals surface area contributed by atoms with E-state index in [2.05, 4.69) is 59.6 Å². The van der Waals surface area contributed by atoms with E-state index in [9.17, 15) is 9.59 Å². The van der Waals surface area contributed by atoms with Gasteiger partial charge in [-0.3, -0.25) is 9.59 Å². The molecule has 5 rings (SSSR count). The number of carbonyl (C=O) groups excluding carboxylic acids is 2. The molecule has 2 aliphatic heterocycles. The number of rotatable bonds is 7. The molecular weight excluding hydrogens is 434 g/mol. The lowest BCUT2D eigenvalue weighted by molar-refractivity contribution is -0.120. The predicted octanol–water partition coefficient (Wildman–Crippen LogP) is 5.73. The molecule has 0 radical (unpaired) electrons. The Morgan fingerprint density at radius 2 is 1.91 bits per heavy atom. The minimum atomic E-state index is -0.211. The van der Waals surface area contributed by atoms with Crippen LogP contribution in [0.4, 0.5) is 11.4 Å². The van der Waals surface area contributed by atoms with E-state index in [1.807, 2.05) is 48.5 Å². The summed E-state index contributed by atoms with van der Waals surface area (Å²) in [7, 11) is 0. The Morgan fingerprint density at radius 1 is 1.09 bits per heavy atom. The standard InChI is InChI=1S/C30H29N3O2/c1-3-4-13-28(34)27-19-23-17-21(14-15-26(23)33(27)24-12-8-9-20(2)16-24)18-25-29(31-32-30(25)35)22-10-6-5-7-11-22/h5-12,14-18,27H,3-4,13,19H2,1-2H3,(H,32,35)/b25-18-. The molecule has 0 spiro atoms. The number of ketones is 1. The molecule has 0 aromatic heterocycles. The van der Waals surface area contributed by atoms with Crippen LogP contribution in [-0.4, -0.2) is 23.4 Å². The van der Waals surface area contributed by atoms with Gasteiger partial charge in [-0.05, 0) is 60.4 Å². The largest absolute Gasteiger partial charge is 0.330 e. The molecule has 0 aliphatic carbocycles. The summed E-state index contributed by atoms with van der Waals surface area (Å²) in [6.45, 7) is 4.18. The van der Waals surface area contributed by atoms with E-state index < -0.39 is 0 Å². The third-order valence-electron chi connectivity index (χ3n) is 6.64. The monoisotopic (exact) mass is 463 g/mol. The molecule has 5 heteroatoms. The molecule has 0 saturated carbocycles. The van der Waals surface area contributed by atoms with Gasteiger partial charge >= 0.3 is 0 Å². The SMILES string of the molecule is CCCCC(=O)C1Cc2cc(/C=C3\C(=O)NN=C3c3ccccc3)ccc2N1c1cccc(C)c1. The first kappa shape index (κ1) is 22.8. The van der Waals surface area contributed by atoms with E-state index >= 15 is 0 Å². The van der Waals surface area contributed by atoms with Gasteiger partial charge in [0.05, 0.1) is 11.6 Å². The van der Waals surface area contributed by atoms with E-state index in [0.717, 1.165) is 46.5 Å². The highest BCUT2D eigenvalue weighted by Crippen LogP contribution is 2.40. The normalized spacial score (nSPS) is 17.9. The number of unbranched alkanes of at least 4 members (excludes halogenated alkanes) is 1. The van der Waals surface area contributed by atoms with Gasteiger partial charge in [0, 0.05) is 29.8 Å². The van der Waals surface area contributed by atoms with Gasteiger partial charge in [-0.1, -0.05) is 61.9 Å². The zero-order valence-corrected chi connectivity index (χ0v) is 20.1. The van der Waals surface area contributed by atoms with Gasteiger partial charge in [-0.15, -0.1) is 0 Å². The van der Waals surface area contributed by atoms with Crippen LogP contribution in [0.3, 0.4) is 0 Å². The summed E-state index contributed by atoms with van der Waals surface area (Å²) in [5, 5.41) is 4.26. The van der Waals surface area contributed by atoms with Gasteiger partial charge in [-0.25, -0.2) is 5.43 Å². The second-order valence-electron chi connectivity index (χ2n) is 9.21. The van der Waals surface area contributed by atoms with E-state index in [0.29, 0.717) is 24.1 Å². The number of nitrogens with one attached hydrogen (secondary N) is 1. The molecule has 0 fully saturated rings. The van der Waals surface area contributed by atoms with Crippen molar-refractivity contribution in [3.05, 3.63) is 101 Å². The fourth-order valence-electron chi connectivity index (χ4n) is 4.88. The van der Waals surface area contributed by atoms with Gasteiger partial charge in [0.25, 0.3) is 5.91 Å². The second-order valence-corrected chi connectivity index (χ2v) is 9.21. The van der Waals surface area contributed by atoms with Crippen LogP contribution in [-0.2, 0) is 16.0 Å². The first-order valence-corrected chi connectivity index (χ1v) is 12.2. The Hall–Kier alpha value is -3.99. The number of Topliss-reactive ketones (excluding diaryl/α,β-unsaturated/α-hetero) is 1. The van der Waals surface area contributed by atoms with Crippen molar-refractivity contribution in [2.24, 2.45) is 5.10 Å². The Morgan fingerprint density at radius 3 is 2.69 bits per heavy atom. The molecule has 176 valence electrons. The first-order chi connectivity index (χ1) is 17.0. The summed E-state index contributed by atoms with van der Waals surface area (Å²) in [6, 6.07) is 24.0. The summed E-state index contributed by atoms with van der Waals surface area (Å²) in [5.41, 5.74) is 9.97. The molecule has 1 unspecified atom stereocenters. The number of nitrogens with zero attached hydrogens (tertiary/aromatic N) is 2. The van der Waals surface area contributed by atoms with Crippen LogP contribution in [0, 0.1) is 6.92 Å². The van der Waals surface area contributed by atoms with Crippen LogP contribution in [0.25, 0.3) is 6.08 Å².